The van der Waals surface area contributed by atoms with Crippen molar-refractivity contribution in [1.82, 2.24) is 8.96 Å². The Morgan fingerprint density at radius 3 is 2.25 bits per heavy atom. The summed E-state index contributed by atoms with van der Waals surface area (Å²) in [6.07, 6.45) is 3.78. The van der Waals surface area contributed by atoms with E-state index in [9.17, 15) is 22.4 Å². The number of rotatable bonds is 6. The molecular weight excluding hydrogens is 465 g/mol. The lowest BCUT2D eigenvalue weighted by Gasteiger charge is -2.12. The van der Waals surface area contributed by atoms with Crippen LogP contribution in [-0.4, -0.2) is 39.5 Å². The van der Waals surface area contributed by atoms with Gasteiger partial charge in [0.05, 0.1) is 5.69 Å². The van der Waals surface area contributed by atoms with E-state index in [4.69, 9.17) is 27.5 Å². The molecule has 12 heteroatoms. The average Bonchev–Trinajstić information content (AvgIpc) is 3.10. The highest BCUT2D eigenvalue weighted by atomic mass is 35.5. The second-order valence-corrected chi connectivity index (χ2v) is 8.14. The van der Waals surface area contributed by atoms with E-state index in [1.54, 1.807) is 6.07 Å². The minimum absolute atomic E-state index is 0.0237. The van der Waals surface area contributed by atoms with Crippen LogP contribution in [0.15, 0.2) is 71.9 Å². The summed E-state index contributed by atoms with van der Waals surface area (Å²) in [5, 5.41) is 15.6. The molecule has 2 heterocycles. The number of nitrogens with two attached hydrogens (primary N) is 1. The van der Waals surface area contributed by atoms with Gasteiger partial charge in [-0.05, 0) is 30.3 Å². The summed E-state index contributed by atoms with van der Waals surface area (Å²) in [4.78, 5) is 22.9. The zero-order valence-corrected chi connectivity index (χ0v) is 17.8. The van der Waals surface area contributed by atoms with Gasteiger partial charge in [0.25, 0.3) is 10.0 Å². The van der Waals surface area contributed by atoms with Gasteiger partial charge in [-0.3, -0.25) is 4.98 Å². The number of carboxylic acids is 2. The van der Waals surface area contributed by atoms with Gasteiger partial charge in [-0.25, -0.2) is 26.4 Å². The van der Waals surface area contributed by atoms with Gasteiger partial charge in [0.15, 0.2) is 0 Å². The Kier molecular flexibility index (Phi) is 8.24. The molecular formula is C20H17ClFN3O6S. The third kappa shape index (κ3) is 5.78. The fraction of sp³-hybridized carbons (Fsp3) is 0.0500. The highest BCUT2D eigenvalue weighted by molar-refractivity contribution is 7.90. The van der Waals surface area contributed by atoms with Crippen molar-refractivity contribution < 1.29 is 32.6 Å². The number of hydrogen-bond donors (Lipinski definition) is 3. The molecule has 1 aromatic carbocycles. The Hall–Kier alpha value is -3.54. The average molecular weight is 482 g/mol. The highest BCUT2D eigenvalue weighted by Crippen LogP contribution is 2.34. The number of nitrogens with zero attached hydrogens (tertiary/aromatic N) is 2. The lowest BCUT2D eigenvalue weighted by Crippen LogP contribution is -2.15. The lowest BCUT2D eigenvalue weighted by molar-refractivity contribution is -0.134. The molecule has 0 amide bonds. The first-order chi connectivity index (χ1) is 15.1. The van der Waals surface area contributed by atoms with Crippen LogP contribution in [0.4, 0.5) is 4.39 Å². The molecule has 0 aliphatic heterocycles. The van der Waals surface area contributed by atoms with Crippen LogP contribution in [0.5, 0.6) is 0 Å². The Morgan fingerprint density at radius 1 is 1.12 bits per heavy atom. The molecule has 0 aliphatic carbocycles. The van der Waals surface area contributed by atoms with Gasteiger partial charge < -0.3 is 15.9 Å². The normalized spacial score (nSPS) is 11.1. The van der Waals surface area contributed by atoms with E-state index in [1.807, 2.05) is 0 Å². The Labute approximate surface area is 187 Å². The molecule has 0 bridgehead atoms. The molecule has 0 atom stereocenters. The van der Waals surface area contributed by atoms with Crippen LogP contribution in [0.3, 0.4) is 0 Å². The topological polar surface area (TPSA) is 153 Å². The molecule has 0 saturated heterocycles. The number of aliphatic carboxylic acids is 2. The molecule has 0 unspecified atom stereocenters. The molecule has 4 N–H and O–H groups in total. The molecule has 9 nitrogen and oxygen atoms in total. The van der Waals surface area contributed by atoms with Crippen LogP contribution >= 0.6 is 11.6 Å². The number of benzene rings is 1. The maximum atomic E-state index is 14.2. The summed E-state index contributed by atoms with van der Waals surface area (Å²) in [6, 6.07) is 10.2. The second-order valence-electron chi connectivity index (χ2n) is 6.00. The molecule has 3 rings (SSSR count). The fourth-order valence-electron chi connectivity index (χ4n) is 2.50. The Balaban J connectivity index is 0.000000390. The summed E-state index contributed by atoms with van der Waals surface area (Å²) < 4.78 is 41.0. The molecule has 3 aromatic rings. The molecule has 0 saturated carbocycles. The Morgan fingerprint density at radius 2 is 1.75 bits per heavy atom. The summed E-state index contributed by atoms with van der Waals surface area (Å²) >= 11 is 6.23. The van der Waals surface area contributed by atoms with Gasteiger partial charge in [-0.15, -0.1) is 0 Å². The molecule has 0 spiro atoms. The largest absolute Gasteiger partial charge is 0.478 e. The minimum atomic E-state index is -4.05. The van der Waals surface area contributed by atoms with E-state index in [2.05, 4.69) is 4.98 Å². The second kappa shape index (κ2) is 10.7. The zero-order valence-electron chi connectivity index (χ0n) is 16.2. The summed E-state index contributed by atoms with van der Waals surface area (Å²) in [6.45, 7) is 0.0237. The monoisotopic (exact) mass is 481 g/mol. The van der Waals surface area contributed by atoms with E-state index in [0.717, 1.165) is 3.97 Å². The van der Waals surface area contributed by atoms with Crippen LogP contribution in [0.2, 0.25) is 5.15 Å². The molecule has 32 heavy (non-hydrogen) atoms. The smallest absolute Gasteiger partial charge is 0.328 e. The number of carboxylic acid groups (broad SMARTS) is 2. The Bertz CT molecular complexity index is 1240. The van der Waals surface area contributed by atoms with Crippen LogP contribution in [-0.2, 0) is 26.2 Å². The van der Waals surface area contributed by atoms with Crippen LogP contribution in [0.1, 0.15) is 5.56 Å². The van der Waals surface area contributed by atoms with E-state index >= 15 is 0 Å². The van der Waals surface area contributed by atoms with Gasteiger partial charge >= 0.3 is 11.9 Å². The lowest BCUT2D eigenvalue weighted by atomic mass is 10.1. The van der Waals surface area contributed by atoms with E-state index in [1.165, 1.54) is 48.8 Å². The quantitative estimate of drug-likeness (QED) is 0.454. The van der Waals surface area contributed by atoms with Gasteiger partial charge in [-0.2, -0.15) is 0 Å². The predicted molar refractivity (Wildman–Crippen MR) is 114 cm³/mol. The predicted octanol–water partition coefficient (Wildman–Crippen LogP) is 2.75. The zero-order chi connectivity index (χ0) is 23.9. The summed E-state index contributed by atoms with van der Waals surface area (Å²) in [5.74, 6) is -3.07. The number of halogens is 2. The van der Waals surface area contributed by atoms with E-state index < -0.39 is 27.8 Å². The first kappa shape index (κ1) is 24.7. The first-order valence-corrected chi connectivity index (χ1v) is 10.6. The van der Waals surface area contributed by atoms with Crippen molar-refractivity contribution >= 4 is 33.6 Å². The standard InChI is InChI=1S/C16H13ClFN3O2S.C4H4O4/c17-16-11(9-19)8-15(13-5-1-2-6-14(13)18)21(16)24(22,23)12-4-3-7-20-10-12;5-3(6)1-2-4(7)8/h1-8,10H,9,19H2;1-2H,(H,5,6)(H,7,8)/b;2-1+. The van der Waals surface area contributed by atoms with Crippen molar-refractivity contribution in [2.75, 3.05) is 0 Å². The van der Waals surface area contributed by atoms with Crippen molar-refractivity contribution in [2.24, 2.45) is 5.73 Å². The van der Waals surface area contributed by atoms with E-state index in [-0.39, 0.29) is 27.9 Å². The summed E-state index contributed by atoms with van der Waals surface area (Å²) in [7, 11) is -4.05. The number of carbonyl (C=O) groups is 2. The van der Waals surface area contributed by atoms with Crippen LogP contribution in [0, 0.1) is 5.82 Å². The third-order valence-corrected chi connectivity index (χ3v) is 6.09. The van der Waals surface area contributed by atoms with Crippen molar-refractivity contribution in [2.45, 2.75) is 11.4 Å². The fourth-order valence-corrected chi connectivity index (χ4v) is 4.39. The number of hydrogen-bond acceptors (Lipinski definition) is 6. The first-order valence-electron chi connectivity index (χ1n) is 8.74. The van der Waals surface area contributed by atoms with E-state index in [0.29, 0.717) is 17.7 Å². The number of aromatic nitrogens is 2. The van der Waals surface area contributed by atoms with Crippen molar-refractivity contribution in [1.29, 1.82) is 0 Å². The maximum absolute atomic E-state index is 14.2. The molecule has 168 valence electrons. The van der Waals surface area contributed by atoms with Gasteiger partial charge in [0, 0.05) is 42.2 Å². The van der Waals surface area contributed by atoms with Gasteiger partial charge in [0.2, 0.25) is 0 Å². The third-order valence-electron chi connectivity index (χ3n) is 3.88. The highest BCUT2D eigenvalue weighted by Gasteiger charge is 2.27. The van der Waals surface area contributed by atoms with Crippen molar-refractivity contribution in [3.05, 3.63) is 83.5 Å². The molecule has 0 fully saturated rings. The number of pyridine rings is 1. The van der Waals surface area contributed by atoms with Gasteiger partial charge in [-0.1, -0.05) is 23.7 Å². The maximum Gasteiger partial charge on any atom is 0.328 e. The van der Waals surface area contributed by atoms with Gasteiger partial charge in [0.1, 0.15) is 15.9 Å². The molecule has 2 aromatic heterocycles. The minimum Gasteiger partial charge on any atom is -0.478 e. The van der Waals surface area contributed by atoms with Crippen LogP contribution in [0.25, 0.3) is 11.3 Å². The summed E-state index contributed by atoms with van der Waals surface area (Å²) in [5.41, 5.74) is 6.27. The van der Waals surface area contributed by atoms with Crippen molar-refractivity contribution in [3.8, 4) is 11.3 Å². The molecule has 0 aliphatic rings. The van der Waals surface area contributed by atoms with Crippen molar-refractivity contribution in [3.63, 3.8) is 0 Å². The molecule has 0 radical (unpaired) electrons. The van der Waals surface area contributed by atoms with Crippen LogP contribution < -0.4 is 5.73 Å². The SMILES string of the molecule is NCc1cc(-c2ccccc2F)n(S(=O)(=O)c2cccnc2)c1Cl.O=C(O)/C=C/C(=O)O.